The van der Waals surface area contributed by atoms with Crippen LogP contribution in [0.15, 0.2) is 76.6 Å². The van der Waals surface area contributed by atoms with E-state index in [1.807, 2.05) is 26.0 Å². The molecule has 0 aliphatic carbocycles. The zero-order valence-corrected chi connectivity index (χ0v) is 17.3. The average Bonchev–Trinajstić information content (AvgIpc) is 2.78. The fraction of sp³-hybridized carbons (Fsp3) is 0.167. The Morgan fingerprint density at radius 2 is 1.81 bits per heavy atom. The van der Waals surface area contributed by atoms with Crippen LogP contribution in [0.3, 0.4) is 0 Å². The van der Waals surface area contributed by atoms with E-state index in [-0.39, 0.29) is 12.5 Å². The molecular formula is C24H22N4O3. The van der Waals surface area contributed by atoms with Crippen molar-refractivity contribution in [2.75, 3.05) is 0 Å². The number of para-hydroxylation sites is 1. The third-order valence-electron chi connectivity index (χ3n) is 5.31. The van der Waals surface area contributed by atoms with Crippen molar-refractivity contribution in [3.8, 4) is 5.69 Å². The lowest BCUT2D eigenvalue weighted by Crippen LogP contribution is -2.41. The molecule has 0 saturated heterocycles. The minimum atomic E-state index is -0.552. The molecule has 0 atom stereocenters. The molecular weight excluding hydrogens is 392 g/mol. The summed E-state index contributed by atoms with van der Waals surface area (Å²) in [6.45, 7) is 3.99. The van der Waals surface area contributed by atoms with E-state index in [2.05, 4.69) is 10.3 Å². The standard InChI is InChI=1S/C24H22N4O3/c1-16-9-10-19(12-17(16)2)28-23(30)20-7-3-4-8-21(20)27(24(28)31)15-22(29)26-14-18-6-5-11-25-13-18/h3-13H,14-15H2,1-2H3,(H,26,29). The van der Waals surface area contributed by atoms with E-state index in [1.165, 1.54) is 4.57 Å². The monoisotopic (exact) mass is 414 g/mol. The van der Waals surface area contributed by atoms with E-state index in [0.29, 0.717) is 23.1 Å². The minimum absolute atomic E-state index is 0.204. The van der Waals surface area contributed by atoms with Gasteiger partial charge in [-0.2, -0.15) is 0 Å². The molecule has 4 aromatic rings. The number of fused-ring (bicyclic) bond motifs is 1. The van der Waals surface area contributed by atoms with Gasteiger partial charge in [0.15, 0.2) is 0 Å². The van der Waals surface area contributed by atoms with Crippen LogP contribution in [-0.2, 0) is 17.9 Å². The van der Waals surface area contributed by atoms with Gasteiger partial charge in [0, 0.05) is 18.9 Å². The molecule has 0 saturated carbocycles. The Morgan fingerprint density at radius 1 is 1.00 bits per heavy atom. The largest absolute Gasteiger partial charge is 0.350 e. The molecule has 7 heteroatoms. The number of hydrogen-bond acceptors (Lipinski definition) is 4. The van der Waals surface area contributed by atoms with Gasteiger partial charge in [-0.3, -0.25) is 19.1 Å². The Kier molecular flexibility index (Phi) is 5.49. The van der Waals surface area contributed by atoms with Crippen molar-refractivity contribution in [3.05, 3.63) is 105 Å². The molecule has 7 nitrogen and oxygen atoms in total. The molecule has 31 heavy (non-hydrogen) atoms. The van der Waals surface area contributed by atoms with E-state index < -0.39 is 11.2 Å². The summed E-state index contributed by atoms with van der Waals surface area (Å²) >= 11 is 0. The number of nitrogens with zero attached hydrogens (tertiary/aromatic N) is 3. The van der Waals surface area contributed by atoms with Gasteiger partial charge in [0.05, 0.1) is 16.6 Å². The van der Waals surface area contributed by atoms with Gasteiger partial charge in [0.1, 0.15) is 6.54 Å². The molecule has 4 rings (SSSR count). The number of pyridine rings is 1. The maximum Gasteiger partial charge on any atom is 0.336 e. The molecule has 0 aliphatic heterocycles. The highest BCUT2D eigenvalue weighted by Crippen LogP contribution is 2.14. The molecule has 0 spiro atoms. The number of carbonyl (C=O) groups is 1. The first-order chi connectivity index (χ1) is 15.0. The highest BCUT2D eigenvalue weighted by Gasteiger charge is 2.16. The fourth-order valence-electron chi connectivity index (χ4n) is 3.47. The summed E-state index contributed by atoms with van der Waals surface area (Å²) in [6, 6.07) is 15.9. The summed E-state index contributed by atoms with van der Waals surface area (Å²) < 4.78 is 2.47. The lowest BCUT2D eigenvalue weighted by Gasteiger charge is -2.15. The molecule has 0 unspecified atom stereocenters. The summed E-state index contributed by atoms with van der Waals surface area (Å²) in [5.74, 6) is -0.332. The average molecular weight is 414 g/mol. The van der Waals surface area contributed by atoms with Crippen LogP contribution >= 0.6 is 0 Å². The molecule has 2 heterocycles. The third-order valence-corrected chi connectivity index (χ3v) is 5.31. The van der Waals surface area contributed by atoms with E-state index in [9.17, 15) is 14.4 Å². The molecule has 0 fully saturated rings. The zero-order valence-electron chi connectivity index (χ0n) is 17.3. The highest BCUT2D eigenvalue weighted by atomic mass is 16.2. The molecule has 2 aromatic carbocycles. The first-order valence-corrected chi connectivity index (χ1v) is 9.93. The van der Waals surface area contributed by atoms with Gasteiger partial charge in [0.2, 0.25) is 5.91 Å². The van der Waals surface area contributed by atoms with Gasteiger partial charge in [0.25, 0.3) is 5.56 Å². The molecule has 1 amide bonds. The van der Waals surface area contributed by atoms with E-state index in [0.717, 1.165) is 21.3 Å². The van der Waals surface area contributed by atoms with Crippen molar-refractivity contribution >= 4 is 16.8 Å². The van der Waals surface area contributed by atoms with E-state index >= 15 is 0 Å². The second-order valence-corrected chi connectivity index (χ2v) is 7.43. The van der Waals surface area contributed by atoms with Gasteiger partial charge in [-0.05, 0) is 60.9 Å². The van der Waals surface area contributed by atoms with Crippen molar-refractivity contribution in [2.24, 2.45) is 0 Å². The van der Waals surface area contributed by atoms with Crippen LogP contribution in [0.5, 0.6) is 0 Å². The lowest BCUT2D eigenvalue weighted by molar-refractivity contribution is -0.121. The van der Waals surface area contributed by atoms with Crippen molar-refractivity contribution in [1.29, 1.82) is 0 Å². The Labute approximate surface area is 178 Å². The summed E-state index contributed by atoms with van der Waals surface area (Å²) in [5.41, 5.74) is 2.83. The first kappa shape index (κ1) is 20.3. The SMILES string of the molecule is Cc1ccc(-n2c(=O)c3ccccc3n(CC(=O)NCc3cccnc3)c2=O)cc1C. The van der Waals surface area contributed by atoms with Crippen LogP contribution in [0.25, 0.3) is 16.6 Å². The van der Waals surface area contributed by atoms with Crippen molar-refractivity contribution in [2.45, 2.75) is 26.9 Å². The van der Waals surface area contributed by atoms with Crippen LogP contribution in [0.2, 0.25) is 0 Å². The summed E-state index contributed by atoms with van der Waals surface area (Å²) in [5, 5.41) is 3.18. The third kappa shape index (κ3) is 4.02. The topological polar surface area (TPSA) is 86.0 Å². The smallest absolute Gasteiger partial charge is 0.336 e. The van der Waals surface area contributed by atoms with Crippen LogP contribution in [0.4, 0.5) is 0 Å². The molecule has 0 aliphatic rings. The number of carbonyl (C=O) groups excluding carboxylic acids is 1. The van der Waals surface area contributed by atoms with Crippen LogP contribution in [-0.4, -0.2) is 20.0 Å². The van der Waals surface area contributed by atoms with Gasteiger partial charge >= 0.3 is 5.69 Å². The highest BCUT2D eigenvalue weighted by molar-refractivity contribution is 5.81. The number of nitrogens with one attached hydrogen (secondary N) is 1. The predicted octanol–water partition coefficient (Wildman–Crippen LogP) is 2.48. The van der Waals surface area contributed by atoms with E-state index in [4.69, 9.17) is 0 Å². The minimum Gasteiger partial charge on any atom is -0.350 e. The number of benzene rings is 2. The molecule has 156 valence electrons. The first-order valence-electron chi connectivity index (χ1n) is 9.93. The molecule has 1 N–H and O–H groups in total. The second kappa shape index (κ2) is 8.39. The lowest BCUT2D eigenvalue weighted by atomic mass is 10.1. The molecule has 2 aromatic heterocycles. The predicted molar refractivity (Wildman–Crippen MR) is 119 cm³/mol. The van der Waals surface area contributed by atoms with Crippen molar-refractivity contribution in [1.82, 2.24) is 19.4 Å². The zero-order chi connectivity index (χ0) is 22.0. The quantitative estimate of drug-likeness (QED) is 0.544. The van der Waals surface area contributed by atoms with Gasteiger partial charge < -0.3 is 5.32 Å². The Balaban J connectivity index is 1.77. The number of aryl methyl sites for hydroxylation is 2. The van der Waals surface area contributed by atoms with Crippen LogP contribution in [0, 0.1) is 13.8 Å². The summed E-state index contributed by atoms with van der Waals surface area (Å²) in [7, 11) is 0. The molecule has 0 bridgehead atoms. The van der Waals surface area contributed by atoms with E-state index in [1.54, 1.807) is 54.9 Å². The van der Waals surface area contributed by atoms with Gasteiger partial charge in [-0.25, -0.2) is 9.36 Å². The normalized spacial score (nSPS) is 10.9. The van der Waals surface area contributed by atoms with Crippen molar-refractivity contribution in [3.63, 3.8) is 0 Å². The van der Waals surface area contributed by atoms with Crippen LogP contribution in [0.1, 0.15) is 16.7 Å². The summed E-state index contributed by atoms with van der Waals surface area (Å²) in [6.07, 6.45) is 3.33. The van der Waals surface area contributed by atoms with Crippen molar-refractivity contribution < 1.29 is 4.79 Å². The second-order valence-electron chi connectivity index (χ2n) is 7.43. The Hall–Kier alpha value is -4.00. The Bertz CT molecular complexity index is 1390. The maximum atomic E-state index is 13.3. The Morgan fingerprint density at radius 3 is 2.55 bits per heavy atom. The summed E-state index contributed by atoms with van der Waals surface area (Å²) in [4.78, 5) is 43.1. The van der Waals surface area contributed by atoms with Gasteiger partial charge in [-0.1, -0.05) is 24.3 Å². The number of amides is 1. The van der Waals surface area contributed by atoms with Gasteiger partial charge in [-0.15, -0.1) is 0 Å². The molecule has 0 radical (unpaired) electrons. The fourth-order valence-corrected chi connectivity index (χ4v) is 3.47. The van der Waals surface area contributed by atoms with Crippen LogP contribution < -0.4 is 16.6 Å². The number of aromatic nitrogens is 3. The maximum absolute atomic E-state index is 13.3. The number of hydrogen-bond donors (Lipinski definition) is 1. The number of rotatable bonds is 5.